The lowest BCUT2D eigenvalue weighted by Gasteiger charge is -2.37. The summed E-state index contributed by atoms with van der Waals surface area (Å²) < 4.78 is 5.26. The maximum absolute atomic E-state index is 5.87. The van der Waals surface area contributed by atoms with Crippen molar-refractivity contribution >= 4 is 17.4 Å². The van der Waals surface area contributed by atoms with Crippen LogP contribution in [-0.2, 0) is 0 Å². The van der Waals surface area contributed by atoms with E-state index in [0.717, 1.165) is 32.0 Å². The van der Waals surface area contributed by atoms with Crippen LogP contribution in [0.5, 0.6) is 0 Å². The largest absolute Gasteiger partial charge is 0.354 e. The number of nitrogens with zero attached hydrogens (tertiary/aromatic N) is 5. The fourth-order valence-electron chi connectivity index (χ4n) is 2.53. The molecule has 0 unspecified atom stereocenters. The number of hydrogen-bond acceptors (Lipinski definition) is 6. The monoisotopic (exact) mass is 307 g/mol. The number of anilines is 1. The highest BCUT2D eigenvalue weighted by Gasteiger charge is 2.25. The van der Waals surface area contributed by atoms with Crippen molar-refractivity contribution in [1.29, 1.82) is 0 Å². The summed E-state index contributed by atoms with van der Waals surface area (Å²) in [5, 5.41) is 4.52. The van der Waals surface area contributed by atoms with Crippen molar-refractivity contribution in [2.75, 3.05) is 31.1 Å². The van der Waals surface area contributed by atoms with Crippen molar-refractivity contribution in [3.05, 3.63) is 35.1 Å². The highest BCUT2D eigenvalue weighted by molar-refractivity contribution is 6.30. The Bertz CT molecular complexity index is 592. The number of aromatic nitrogens is 3. The zero-order valence-corrected chi connectivity index (χ0v) is 12.9. The molecular weight excluding hydrogens is 290 g/mol. The lowest BCUT2D eigenvalue weighted by Crippen LogP contribution is -2.47. The normalized spacial score (nSPS) is 18.0. The lowest BCUT2D eigenvalue weighted by molar-refractivity contribution is 0.164. The molecule has 1 aliphatic rings. The van der Waals surface area contributed by atoms with Gasteiger partial charge in [0.25, 0.3) is 0 Å². The van der Waals surface area contributed by atoms with E-state index in [1.807, 2.05) is 19.1 Å². The maximum atomic E-state index is 5.87. The van der Waals surface area contributed by atoms with Gasteiger partial charge < -0.3 is 9.42 Å². The third-order valence-corrected chi connectivity index (χ3v) is 4.02. The van der Waals surface area contributed by atoms with Crippen molar-refractivity contribution in [2.45, 2.75) is 19.9 Å². The molecule has 3 rings (SSSR count). The van der Waals surface area contributed by atoms with Crippen LogP contribution in [0.4, 0.5) is 5.82 Å². The number of aryl methyl sites for hydroxylation is 1. The van der Waals surface area contributed by atoms with Crippen molar-refractivity contribution in [2.24, 2.45) is 0 Å². The van der Waals surface area contributed by atoms with Crippen LogP contribution < -0.4 is 4.90 Å². The second kappa shape index (κ2) is 5.99. The summed E-state index contributed by atoms with van der Waals surface area (Å²) in [7, 11) is 0. The quantitative estimate of drug-likeness (QED) is 0.867. The van der Waals surface area contributed by atoms with Gasteiger partial charge >= 0.3 is 0 Å². The molecule has 6 nitrogen and oxygen atoms in total. The number of piperazine rings is 1. The molecule has 0 N–H and O–H groups in total. The molecule has 0 aliphatic carbocycles. The van der Waals surface area contributed by atoms with E-state index in [1.54, 1.807) is 6.20 Å². The standard InChI is InChI=1S/C14H18ClN5O/c1-10(14-17-11(2)18-21-14)19-5-7-20(8-6-19)13-4-3-12(15)9-16-13/h3-4,9-10H,5-8H2,1-2H3/t10-/m0/s1. The van der Waals surface area contributed by atoms with E-state index in [9.17, 15) is 0 Å². The van der Waals surface area contributed by atoms with Crippen LogP contribution >= 0.6 is 11.6 Å². The fraction of sp³-hybridized carbons (Fsp3) is 0.500. The van der Waals surface area contributed by atoms with Gasteiger partial charge in [-0.15, -0.1) is 0 Å². The van der Waals surface area contributed by atoms with E-state index in [1.165, 1.54) is 0 Å². The Morgan fingerprint density at radius 3 is 2.57 bits per heavy atom. The smallest absolute Gasteiger partial charge is 0.243 e. The average Bonchev–Trinajstić information content (AvgIpc) is 2.94. The molecular formula is C14H18ClN5O. The van der Waals surface area contributed by atoms with E-state index in [-0.39, 0.29) is 6.04 Å². The molecule has 0 aromatic carbocycles. The summed E-state index contributed by atoms with van der Waals surface area (Å²) >= 11 is 5.87. The molecule has 0 saturated carbocycles. The predicted octanol–water partition coefficient (Wildman–Crippen LogP) is 2.31. The molecule has 1 fully saturated rings. The van der Waals surface area contributed by atoms with Gasteiger partial charge in [-0.25, -0.2) is 4.98 Å². The van der Waals surface area contributed by atoms with E-state index in [0.29, 0.717) is 16.7 Å². The van der Waals surface area contributed by atoms with Crippen LogP contribution in [0.2, 0.25) is 5.02 Å². The van der Waals surface area contributed by atoms with E-state index < -0.39 is 0 Å². The molecule has 0 spiro atoms. The van der Waals surface area contributed by atoms with Crippen LogP contribution in [0.15, 0.2) is 22.9 Å². The molecule has 112 valence electrons. The van der Waals surface area contributed by atoms with E-state index in [4.69, 9.17) is 16.1 Å². The Hall–Kier alpha value is -1.66. The maximum Gasteiger partial charge on any atom is 0.243 e. The first-order valence-corrected chi connectivity index (χ1v) is 7.42. The summed E-state index contributed by atoms with van der Waals surface area (Å²) in [6.45, 7) is 7.66. The molecule has 0 amide bonds. The zero-order valence-electron chi connectivity index (χ0n) is 12.2. The molecule has 1 atom stereocenters. The van der Waals surface area contributed by atoms with Gasteiger partial charge in [-0.2, -0.15) is 4.98 Å². The molecule has 0 radical (unpaired) electrons. The molecule has 0 bridgehead atoms. The van der Waals surface area contributed by atoms with Crippen molar-refractivity contribution in [3.8, 4) is 0 Å². The molecule has 21 heavy (non-hydrogen) atoms. The summed E-state index contributed by atoms with van der Waals surface area (Å²) in [5.74, 6) is 2.34. The number of pyridine rings is 1. The van der Waals surface area contributed by atoms with Gasteiger partial charge in [-0.3, -0.25) is 4.90 Å². The van der Waals surface area contributed by atoms with Crippen LogP contribution in [0.25, 0.3) is 0 Å². The van der Waals surface area contributed by atoms with Crippen molar-refractivity contribution in [3.63, 3.8) is 0 Å². The van der Waals surface area contributed by atoms with Crippen molar-refractivity contribution < 1.29 is 4.52 Å². The van der Waals surface area contributed by atoms with E-state index >= 15 is 0 Å². The Labute approximate surface area is 128 Å². The Morgan fingerprint density at radius 2 is 2.00 bits per heavy atom. The van der Waals surface area contributed by atoms with Gasteiger partial charge in [-0.05, 0) is 26.0 Å². The highest BCUT2D eigenvalue weighted by Crippen LogP contribution is 2.22. The molecule has 3 heterocycles. The lowest BCUT2D eigenvalue weighted by atomic mass is 10.2. The summed E-state index contributed by atoms with van der Waals surface area (Å²) in [6.07, 6.45) is 1.69. The first-order valence-electron chi connectivity index (χ1n) is 7.04. The van der Waals surface area contributed by atoms with E-state index in [2.05, 4.69) is 31.8 Å². The number of rotatable bonds is 3. The zero-order chi connectivity index (χ0) is 14.8. The fourth-order valence-corrected chi connectivity index (χ4v) is 2.64. The van der Waals surface area contributed by atoms with Gasteiger partial charge in [-0.1, -0.05) is 16.8 Å². The molecule has 7 heteroatoms. The first-order chi connectivity index (χ1) is 10.1. The average molecular weight is 308 g/mol. The minimum Gasteiger partial charge on any atom is -0.354 e. The summed E-state index contributed by atoms with van der Waals surface area (Å²) in [6, 6.07) is 3.98. The van der Waals surface area contributed by atoms with Gasteiger partial charge in [0.15, 0.2) is 5.82 Å². The third-order valence-electron chi connectivity index (χ3n) is 3.80. The van der Waals surface area contributed by atoms with Crippen molar-refractivity contribution in [1.82, 2.24) is 20.0 Å². The number of halogens is 1. The van der Waals surface area contributed by atoms with Crippen LogP contribution in [0.3, 0.4) is 0 Å². The van der Waals surface area contributed by atoms with Crippen LogP contribution in [0, 0.1) is 6.92 Å². The third kappa shape index (κ3) is 3.16. The van der Waals surface area contributed by atoms with Gasteiger partial charge in [0.1, 0.15) is 5.82 Å². The van der Waals surface area contributed by atoms with Crippen LogP contribution in [0.1, 0.15) is 24.7 Å². The van der Waals surface area contributed by atoms with Gasteiger partial charge in [0.05, 0.1) is 11.1 Å². The molecule has 2 aromatic heterocycles. The molecule has 2 aromatic rings. The molecule has 1 aliphatic heterocycles. The number of hydrogen-bond donors (Lipinski definition) is 0. The van der Waals surface area contributed by atoms with Gasteiger partial charge in [0, 0.05) is 32.4 Å². The summed E-state index contributed by atoms with van der Waals surface area (Å²) in [4.78, 5) is 13.3. The predicted molar refractivity (Wildman–Crippen MR) is 80.5 cm³/mol. The second-order valence-electron chi connectivity index (χ2n) is 5.21. The van der Waals surface area contributed by atoms with Crippen LogP contribution in [-0.4, -0.2) is 46.2 Å². The Morgan fingerprint density at radius 1 is 1.24 bits per heavy atom. The van der Waals surface area contributed by atoms with Gasteiger partial charge in [0.2, 0.25) is 5.89 Å². The molecule has 1 saturated heterocycles. The Kier molecular flexibility index (Phi) is 4.07. The Balaban J connectivity index is 1.61. The highest BCUT2D eigenvalue weighted by atomic mass is 35.5. The minimum absolute atomic E-state index is 0.145. The minimum atomic E-state index is 0.145. The topological polar surface area (TPSA) is 58.3 Å². The first kappa shape index (κ1) is 14.3. The summed E-state index contributed by atoms with van der Waals surface area (Å²) in [5.41, 5.74) is 0. The SMILES string of the molecule is Cc1noc([C@H](C)N2CCN(c3ccc(Cl)cn3)CC2)n1. The second-order valence-corrected chi connectivity index (χ2v) is 5.65.